The number of rotatable bonds is 9. The van der Waals surface area contributed by atoms with Crippen molar-refractivity contribution in [1.82, 2.24) is 15.5 Å². The zero-order valence-corrected chi connectivity index (χ0v) is 19.6. The van der Waals surface area contributed by atoms with Gasteiger partial charge in [0, 0.05) is 38.6 Å². The second kappa shape index (κ2) is 12.2. The summed E-state index contributed by atoms with van der Waals surface area (Å²) >= 11 is 0. The van der Waals surface area contributed by atoms with E-state index in [0.717, 1.165) is 5.56 Å². The second-order valence-electron chi connectivity index (χ2n) is 8.06. The number of non-ortho nitro benzene ring substituents is 1. The summed E-state index contributed by atoms with van der Waals surface area (Å²) < 4.78 is 5.28. The van der Waals surface area contributed by atoms with Crippen LogP contribution in [-0.2, 0) is 30.3 Å². The number of carbonyl (C=O) groups is 4. The van der Waals surface area contributed by atoms with Gasteiger partial charge in [-0.25, -0.2) is 0 Å². The van der Waals surface area contributed by atoms with Crippen LogP contribution in [0.25, 0.3) is 6.08 Å². The standard InChI is InChI=1S/C25H26N4O7/c1-17(30)27-21(15-19-8-5-9-20(14-19)29(34)35)25(33)28-12-11-26-24(32)22(28)16-23(31)36-13-10-18-6-3-2-4-7-18/h2-9,14-15,22H,10-13,16H2,1H3,(H,26,32)(H,27,30). The molecule has 0 radical (unpaired) electrons. The maximum absolute atomic E-state index is 13.4. The average molecular weight is 495 g/mol. The Morgan fingerprint density at radius 2 is 1.94 bits per heavy atom. The van der Waals surface area contributed by atoms with Crippen LogP contribution in [0.4, 0.5) is 5.69 Å². The molecule has 1 aliphatic heterocycles. The fourth-order valence-electron chi connectivity index (χ4n) is 3.70. The van der Waals surface area contributed by atoms with Crippen molar-refractivity contribution >= 4 is 35.5 Å². The Balaban J connectivity index is 1.75. The lowest BCUT2D eigenvalue weighted by Crippen LogP contribution is -2.58. The molecule has 0 aliphatic carbocycles. The minimum absolute atomic E-state index is 0.0956. The first-order valence-corrected chi connectivity index (χ1v) is 11.3. The summed E-state index contributed by atoms with van der Waals surface area (Å²) in [5.41, 5.74) is 0.926. The number of esters is 1. The van der Waals surface area contributed by atoms with Crippen molar-refractivity contribution in [2.45, 2.75) is 25.8 Å². The number of benzene rings is 2. The predicted molar refractivity (Wildman–Crippen MR) is 129 cm³/mol. The summed E-state index contributed by atoms with van der Waals surface area (Å²) in [4.78, 5) is 61.9. The van der Waals surface area contributed by atoms with Gasteiger partial charge < -0.3 is 20.3 Å². The Kier molecular flexibility index (Phi) is 8.87. The lowest BCUT2D eigenvalue weighted by molar-refractivity contribution is -0.384. The highest BCUT2D eigenvalue weighted by Crippen LogP contribution is 2.18. The van der Waals surface area contributed by atoms with E-state index in [4.69, 9.17) is 4.74 Å². The van der Waals surface area contributed by atoms with Gasteiger partial charge in [0.2, 0.25) is 11.8 Å². The highest BCUT2D eigenvalue weighted by Gasteiger charge is 2.36. The van der Waals surface area contributed by atoms with Gasteiger partial charge in [-0.15, -0.1) is 0 Å². The fraction of sp³-hybridized carbons (Fsp3) is 0.280. The molecule has 11 nitrogen and oxygen atoms in total. The molecule has 1 heterocycles. The number of hydrogen-bond donors (Lipinski definition) is 2. The first-order chi connectivity index (χ1) is 17.2. The molecule has 2 N–H and O–H groups in total. The van der Waals surface area contributed by atoms with Crippen LogP contribution in [-0.4, -0.2) is 59.3 Å². The van der Waals surface area contributed by atoms with Crippen LogP contribution in [0.15, 0.2) is 60.3 Å². The summed E-state index contributed by atoms with van der Waals surface area (Å²) in [5.74, 6) is -2.41. The first kappa shape index (κ1) is 26.1. The highest BCUT2D eigenvalue weighted by atomic mass is 16.6. The van der Waals surface area contributed by atoms with E-state index in [2.05, 4.69) is 10.6 Å². The van der Waals surface area contributed by atoms with Crippen LogP contribution in [0.1, 0.15) is 24.5 Å². The molecule has 1 aliphatic rings. The molecule has 188 valence electrons. The number of piperazine rings is 1. The molecular weight excluding hydrogens is 468 g/mol. The van der Waals surface area contributed by atoms with Crippen LogP contribution in [0.3, 0.4) is 0 Å². The predicted octanol–water partition coefficient (Wildman–Crippen LogP) is 1.57. The molecular formula is C25H26N4O7. The van der Waals surface area contributed by atoms with E-state index in [9.17, 15) is 29.3 Å². The summed E-state index contributed by atoms with van der Waals surface area (Å²) in [6.07, 6.45) is 1.43. The van der Waals surface area contributed by atoms with Gasteiger partial charge in [0.05, 0.1) is 18.0 Å². The molecule has 0 spiro atoms. The van der Waals surface area contributed by atoms with Gasteiger partial charge in [0.1, 0.15) is 11.7 Å². The lowest BCUT2D eigenvalue weighted by Gasteiger charge is -2.35. The van der Waals surface area contributed by atoms with Gasteiger partial charge in [0.25, 0.3) is 11.6 Å². The van der Waals surface area contributed by atoms with Gasteiger partial charge in [-0.1, -0.05) is 42.5 Å². The van der Waals surface area contributed by atoms with E-state index in [1.807, 2.05) is 30.3 Å². The zero-order chi connectivity index (χ0) is 26.1. The average Bonchev–Trinajstić information content (AvgIpc) is 2.85. The molecule has 0 saturated carbocycles. The molecule has 1 saturated heterocycles. The van der Waals surface area contributed by atoms with Crippen LogP contribution in [0, 0.1) is 10.1 Å². The van der Waals surface area contributed by atoms with E-state index >= 15 is 0 Å². The first-order valence-electron chi connectivity index (χ1n) is 11.3. The monoisotopic (exact) mass is 494 g/mol. The van der Waals surface area contributed by atoms with Gasteiger partial charge >= 0.3 is 5.97 Å². The molecule has 2 aromatic rings. The van der Waals surface area contributed by atoms with Crippen molar-refractivity contribution in [3.05, 3.63) is 81.5 Å². The summed E-state index contributed by atoms with van der Waals surface area (Å²) in [5, 5.41) is 16.1. The number of ether oxygens (including phenoxy) is 1. The SMILES string of the molecule is CC(=O)NC(=Cc1cccc([N+](=O)[O-])c1)C(=O)N1CCNC(=O)C1CC(=O)OCCc1ccccc1. The van der Waals surface area contributed by atoms with E-state index in [-0.39, 0.29) is 37.5 Å². The van der Waals surface area contributed by atoms with Crippen LogP contribution in [0.5, 0.6) is 0 Å². The van der Waals surface area contributed by atoms with Gasteiger partial charge in [-0.2, -0.15) is 0 Å². The Morgan fingerprint density at radius 3 is 2.64 bits per heavy atom. The zero-order valence-electron chi connectivity index (χ0n) is 19.6. The smallest absolute Gasteiger partial charge is 0.308 e. The van der Waals surface area contributed by atoms with E-state index in [1.165, 1.54) is 42.2 Å². The van der Waals surface area contributed by atoms with Crippen molar-refractivity contribution < 1.29 is 28.8 Å². The van der Waals surface area contributed by atoms with Crippen molar-refractivity contribution in [3.63, 3.8) is 0 Å². The van der Waals surface area contributed by atoms with Crippen LogP contribution in [0.2, 0.25) is 0 Å². The van der Waals surface area contributed by atoms with Gasteiger partial charge in [-0.3, -0.25) is 29.3 Å². The minimum Gasteiger partial charge on any atom is -0.465 e. The van der Waals surface area contributed by atoms with Crippen molar-refractivity contribution in [1.29, 1.82) is 0 Å². The molecule has 0 bridgehead atoms. The normalized spacial score (nSPS) is 15.6. The Bertz CT molecular complexity index is 1180. The number of nitrogens with one attached hydrogen (secondary N) is 2. The van der Waals surface area contributed by atoms with E-state index in [0.29, 0.717) is 12.0 Å². The number of nitro benzene ring substituents is 1. The minimum atomic E-state index is -1.14. The maximum Gasteiger partial charge on any atom is 0.308 e. The molecule has 36 heavy (non-hydrogen) atoms. The molecule has 11 heteroatoms. The Morgan fingerprint density at radius 1 is 1.19 bits per heavy atom. The molecule has 3 amide bonds. The largest absolute Gasteiger partial charge is 0.465 e. The van der Waals surface area contributed by atoms with Crippen molar-refractivity contribution in [2.75, 3.05) is 19.7 Å². The van der Waals surface area contributed by atoms with Crippen molar-refractivity contribution in [3.8, 4) is 0 Å². The summed E-state index contributed by atoms with van der Waals surface area (Å²) in [6.45, 7) is 1.58. The third kappa shape index (κ3) is 7.23. The maximum atomic E-state index is 13.4. The molecule has 2 aromatic carbocycles. The number of carbonyl (C=O) groups excluding carboxylic acids is 4. The van der Waals surface area contributed by atoms with Gasteiger partial charge in [0.15, 0.2) is 0 Å². The van der Waals surface area contributed by atoms with Gasteiger partial charge in [-0.05, 0) is 17.2 Å². The molecule has 0 aromatic heterocycles. The molecule has 1 fully saturated rings. The third-order valence-electron chi connectivity index (χ3n) is 5.38. The topological polar surface area (TPSA) is 148 Å². The third-order valence-corrected chi connectivity index (χ3v) is 5.38. The van der Waals surface area contributed by atoms with E-state index in [1.54, 1.807) is 0 Å². The van der Waals surface area contributed by atoms with Crippen LogP contribution < -0.4 is 10.6 Å². The highest BCUT2D eigenvalue weighted by molar-refractivity contribution is 6.03. The lowest BCUT2D eigenvalue weighted by atomic mass is 10.1. The number of hydrogen-bond acceptors (Lipinski definition) is 7. The summed E-state index contributed by atoms with van der Waals surface area (Å²) in [7, 11) is 0. The number of amides is 3. The van der Waals surface area contributed by atoms with E-state index < -0.39 is 34.7 Å². The molecule has 3 rings (SSSR count). The number of nitro groups is 1. The fourth-order valence-corrected chi connectivity index (χ4v) is 3.70. The molecule has 1 atom stereocenters. The molecule has 1 unspecified atom stereocenters. The Labute approximate surface area is 207 Å². The second-order valence-corrected chi connectivity index (χ2v) is 8.06. The quantitative estimate of drug-likeness (QED) is 0.233. The number of nitrogens with zero attached hydrogens (tertiary/aromatic N) is 2. The van der Waals surface area contributed by atoms with Crippen molar-refractivity contribution in [2.24, 2.45) is 0 Å². The summed E-state index contributed by atoms with van der Waals surface area (Å²) in [6, 6.07) is 13.8. The van der Waals surface area contributed by atoms with Crippen LogP contribution >= 0.6 is 0 Å². The Hall–Kier alpha value is -4.54.